The molecular formula is C60H42N2. The van der Waals surface area contributed by atoms with E-state index in [0.717, 1.165) is 45.0 Å². The fraction of sp³-hybridized carbons (Fsp3) is 0. The molecule has 2 nitrogen and oxygen atoms in total. The van der Waals surface area contributed by atoms with Crippen LogP contribution in [0.15, 0.2) is 255 Å². The Morgan fingerprint density at radius 2 is 0.565 bits per heavy atom. The van der Waals surface area contributed by atoms with Gasteiger partial charge in [0.25, 0.3) is 0 Å². The number of hydrogen-bond donors (Lipinski definition) is 0. The summed E-state index contributed by atoms with van der Waals surface area (Å²) in [5.74, 6) is 0. The molecule has 0 aliphatic carbocycles. The Morgan fingerprint density at radius 1 is 0.226 bits per heavy atom. The van der Waals surface area contributed by atoms with Crippen LogP contribution in [0.25, 0.3) is 83.1 Å². The summed E-state index contributed by atoms with van der Waals surface area (Å²) in [6.07, 6.45) is 0. The van der Waals surface area contributed by atoms with Gasteiger partial charge in [-0.1, -0.05) is 182 Å². The fourth-order valence-corrected chi connectivity index (χ4v) is 8.97. The van der Waals surface area contributed by atoms with E-state index >= 15 is 0 Å². The highest BCUT2D eigenvalue weighted by Crippen LogP contribution is 2.42. The number of rotatable bonds is 9. The number of benzene rings is 10. The van der Waals surface area contributed by atoms with Crippen LogP contribution in [-0.4, -0.2) is 4.57 Å². The lowest BCUT2D eigenvalue weighted by Crippen LogP contribution is -2.10. The van der Waals surface area contributed by atoms with Gasteiger partial charge in [-0.05, 0) is 128 Å². The maximum atomic E-state index is 2.41. The second-order valence-corrected chi connectivity index (χ2v) is 15.8. The molecule has 0 atom stereocenters. The molecule has 0 fully saturated rings. The summed E-state index contributed by atoms with van der Waals surface area (Å²) < 4.78 is 2.39. The minimum atomic E-state index is 1.08. The number of nitrogens with zero attached hydrogens (tertiary/aromatic N) is 2. The summed E-state index contributed by atoms with van der Waals surface area (Å²) in [5, 5.41) is 2.53. The standard InChI is InChI=1S/C60H42N2/c1-4-18-43(19-5-1)48-26-15-29-53(38-48)61(56-41-51(44-20-6-2-7-21-44)37-52(42-56)45-22-8-3-9-23-45)54-30-16-27-49(39-54)46-24-14-25-47(36-46)50-28-17-31-55(40-50)62-59-34-12-10-32-57(59)58-33-11-13-35-60(58)62/h1-42H. The van der Waals surface area contributed by atoms with Gasteiger partial charge in [0.15, 0.2) is 0 Å². The van der Waals surface area contributed by atoms with Crippen LogP contribution in [0.3, 0.4) is 0 Å². The van der Waals surface area contributed by atoms with Crippen molar-refractivity contribution in [2.75, 3.05) is 4.90 Å². The second kappa shape index (κ2) is 16.1. The van der Waals surface area contributed by atoms with Gasteiger partial charge in [0.05, 0.1) is 11.0 Å². The van der Waals surface area contributed by atoms with Crippen molar-refractivity contribution < 1.29 is 0 Å². The maximum absolute atomic E-state index is 2.41. The van der Waals surface area contributed by atoms with Crippen molar-refractivity contribution in [1.29, 1.82) is 0 Å². The zero-order valence-corrected chi connectivity index (χ0v) is 34.1. The predicted octanol–water partition coefficient (Wildman–Crippen LogP) is 16.6. The molecule has 11 rings (SSSR count). The molecule has 62 heavy (non-hydrogen) atoms. The van der Waals surface area contributed by atoms with Crippen molar-refractivity contribution in [3.05, 3.63) is 255 Å². The van der Waals surface area contributed by atoms with E-state index in [1.165, 1.54) is 55.2 Å². The molecule has 1 heterocycles. The lowest BCUT2D eigenvalue weighted by atomic mass is 9.96. The van der Waals surface area contributed by atoms with E-state index in [9.17, 15) is 0 Å². The van der Waals surface area contributed by atoms with Gasteiger partial charge in [0, 0.05) is 33.5 Å². The number of fused-ring (bicyclic) bond motifs is 3. The molecule has 0 unspecified atom stereocenters. The topological polar surface area (TPSA) is 8.17 Å². The van der Waals surface area contributed by atoms with E-state index in [4.69, 9.17) is 0 Å². The molecule has 0 aliphatic heterocycles. The number of para-hydroxylation sites is 2. The molecular weight excluding hydrogens is 749 g/mol. The Kier molecular flexibility index (Phi) is 9.57. The summed E-state index contributed by atoms with van der Waals surface area (Å²) >= 11 is 0. The minimum absolute atomic E-state index is 1.08. The van der Waals surface area contributed by atoms with Gasteiger partial charge < -0.3 is 9.47 Å². The van der Waals surface area contributed by atoms with E-state index in [1.54, 1.807) is 0 Å². The zero-order chi connectivity index (χ0) is 41.2. The summed E-state index contributed by atoms with van der Waals surface area (Å²) in [6.45, 7) is 0. The molecule has 0 aliphatic rings. The second-order valence-electron chi connectivity index (χ2n) is 15.8. The zero-order valence-electron chi connectivity index (χ0n) is 34.1. The third-order valence-corrected chi connectivity index (χ3v) is 11.9. The highest BCUT2D eigenvalue weighted by molar-refractivity contribution is 6.09. The van der Waals surface area contributed by atoms with Crippen molar-refractivity contribution in [1.82, 2.24) is 4.57 Å². The van der Waals surface area contributed by atoms with E-state index < -0.39 is 0 Å². The normalized spacial score (nSPS) is 11.2. The van der Waals surface area contributed by atoms with Crippen LogP contribution >= 0.6 is 0 Å². The van der Waals surface area contributed by atoms with E-state index in [0.29, 0.717) is 0 Å². The van der Waals surface area contributed by atoms with Crippen LogP contribution < -0.4 is 4.90 Å². The smallest absolute Gasteiger partial charge is 0.0541 e. The molecule has 0 saturated heterocycles. The quantitative estimate of drug-likeness (QED) is 0.141. The highest BCUT2D eigenvalue weighted by atomic mass is 15.1. The third-order valence-electron chi connectivity index (χ3n) is 11.9. The maximum Gasteiger partial charge on any atom is 0.0541 e. The summed E-state index contributed by atoms with van der Waals surface area (Å²) in [6, 6.07) is 92.2. The number of aromatic nitrogens is 1. The van der Waals surface area contributed by atoms with Crippen molar-refractivity contribution in [2.24, 2.45) is 0 Å². The molecule has 292 valence electrons. The monoisotopic (exact) mass is 790 g/mol. The van der Waals surface area contributed by atoms with Crippen molar-refractivity contribution in [3.63, 3.8) is 0 Å². The fourth-order valence-electron chi connectivity index (χ4n) is 8.97. The van der Waals surface area contributed by atoms with Gasteiger partial charge >= 0.3 is 0 Å². The minimum Gasteiger partial charge on any atom is -0.310 e. The molecule has 10 aromatic carbocycles. The van der Waals surface area contributed by atoms with Gasteiger partial charge in [-0.15, -0.1) is 0 Å². The first-order valence-electron chi connectivity index (χ1n) is 21.2. The van der Waals surface area contributed by atoms with E-state index in [2.05, 4.69) is 264 Å². The Labute approximate surface area is 362 Å². The number of anilines is 3. The average Bonchev–Trinajstić information content (AvgIpc) is 3.69. The Balaban J connectivity index is 1.03. The Bertz CT molecular complexity index is 3240. The van der Waals surface area contributed by atoms with Crippen molar-refractivity contribution >= 4 is 38.9 Å². The molecule has 0 amide bonds. The Hall–Kier alpha value is -8.20. The van der Waals surface area contributed by atoms with Crippen LogP contribution in [0, 0.1) is 0 Å². The molecule has 0 saturated carbocycles. The predicted molar refractivity (Wildman–Crippen MR) is 263 cm³/mol. The first-order chi connectivity index (χ1) is 30.7. The van der Waals surface area contributed by atoms with Gasteiger partial charge in [0.2, 0.25) is 0 Å². The van der Waals surface area contributed by atoms with Crippen LogP contribution in [0.2, 0.25) is 0 Å². The lowest BCUT2D eigenvalue weighted by Gasteiger charge is -2.28. The molecule has 1 aromatic heterocycles. The van der Waals surface area contributed by atoms with Crippen molar-refractivity contribution in [3.8, 4) is 61.3 Å². The van der Waals surface area contributed by atoms with Crippen LogP contribution in [0.4, 0.5) is 17.1 Å². The lowest BCUT2D eigenvalue weighted by molar-refractivity contribution is 1.18. The molecule has 0 radical (unpaired) electrons. The van der Waals surface area contributed by atoms with Crippen molar-refractivity contribution in [2.45, 2.75) is 0 Å². The SMILES string of the molecule is c1ccc(-c2cccc(N(c3cccc(-c4cccc(-c5cccc(-n6c7ccccc7c7ccccc76)c5)c4)c3)c3cc(-c4ccccc4)cc(-c4ccccc4)c3)c2)cc1. The van der Waals surface area contributed by atoms with E-state index in [1.807, 2.05) is 0 Å². The molecule has 2 heteroatoms. The first-order valence-corrected chi connectivity index (χ1v) is 21.2. The molecule has 0 N–H and O–H groups in total. The molecule has 0 spiro atoms. The summed E-state index contributed by atoms with van der Waals surface area (Å²) in [4.78, 5) is 2.41. The van der Waals surface area contributed by atoms with Gasteiger partial charge in [-0.25, -0.2) is 0 Å². The third kappa shape index (κ3) is 7.04. The Morgan fingerprint density at radius 3 is 1.08 bits per heavy atom. The summed E-state index contributed by atoms with van der Waals surface area (Å²) in [5.41, 5.74) is 18.5. The first kappa shape index (κ1) is 36.8. The van der Waals surface area contributed by atoms with Crippen LogP contribution in [0.5, 0.6) is 0 Å². The number of hydrogen-bond acceptors (Lipinski definition) is 1. The molecule has 11 aromatic rings. The van der Waals surface area contributed by atoms with Gasteiger partial charge in [-0.3, -0.25) is 0 Å². The molecule has 0 bridgehead atoms. The van der Waals surface area contributed by atoms with Crippen LogP contribution in [0.1, 0.15) is 0 Å². The average molecular weight is 791 g/mol. The van der Waals surface area contributed by atoms with Gasteiger partial charge in [-0.2, -0.15) is 0 Å². The largest absolute Gasteiger partial charge is 0.310 e. The van der Waals surface area contributed by atoms with Crippen LogP contribution in [-0.2, 0) is 0 Å². The highest BCUT2D eigenvalue weighted by Gasteiger charge is 2.18. The van der Waals surface area contributed by atoms with Gasteiger partial charge in [0.1, 0.15) is 0 Å². The van der Waals surface area contributed by atoms with E-state index in [-0.39, 0.29) is 0 Å². The summed E-state index contributed by atoms with van der Waals surface area (Å²) in [7, 11) is 0.